The molecule has 0 aromatic heterocycles. The van der Waals surface area contributed by atoms with Crippen LogP contribution in [-0.2, 0) is 19.1 Å². The van der Waals surface area contributed by atoms with Gasteiger partial charge in [0.15, 0.2) is 0 Å². The van der Waals surface area contributed by atoms with Crippen molar-refractivity contribution in [3.8, 4) is 0 Å². The van der Waals surface area contributed by atoms with Crippen LogP contribution in [0.5, 0.6) is 0 Å². The van der Waals surface area contributed by atoms with E-state index in [0.717, 1.165) is 12.8 Å². The fraction of sp³-hybridized carbons (Fsp3) is 0.733. The van der Waals surface area contributed by atoms with E-state index < -0.39 is 5.54 Å². The molecular formula is C15H24N2O4. The molecule has 0 aliphatic carbocycles. The van der Waals surface area contributed by atoms with Crippen molar-refractivity contribution >= 4 is 11.8 Å². The lowest BCUT2D eigenvalue weighted by Crippen LogP contribution is -2.59. The van der Waals surface area contributed by atoms with Crippen LogP contribution in [0.25, 0.3) is 0 Å². The molecule has 0 spiro atoms. The smallest absolute Gasteiger partial charge is 0.251 e. The Morgan fingerprint density at radius 2 is 2.19 bits per heavy atom. The van der Waals surface area contributed by atoms with Gasteiger partial charge in [0.05, 0.1) is 12.1 Å². The standard InChI is InChI=1S/C15H24N2O4/c1-3-13(18)16-15(11-20-2)6-8-17(9-7-15)14(19)12-5-4-10-21-12/h3,12H,1,4-11H2,2H3,(H,16,18)/t12-/m0/s1. The summed E-state index contributed by atoms with van der Waals surface area (Å²) in [6.07, 6.45) is 4.11. The van der Waals surface area contributed by atoms with E-state index in [4.69, 9.17) is 9.47 Å². The zero-order valence-electron chi connectivity index (χ0n) is 12.6. The van der Waals surface area contributed by atoms with Gasteiger partial charge in [-0.15, -0.1) is 0 Å². The van der Waals surface area contributed by atoms with Crippen LogP contribution in [0.2, 0.25) is 0 Å². The molecule has 2 rings (SSSR count). The van der Waals surface area contributed by atoms with E-state index in [9.17, 15) is 9.59 Å². The number of nitrogens with one attached hydrogen (secondary N) is 1. The minimum Gasteiger partial charge on any atom is -0.382 e. The SMILES string of the molecule is C=CC(=O)NC1(COC)CCN(C(=O)[C@@H]2CCCO2)CC1. The molecule has 2 amide bonds. The van der Waals surface area contributed by atoms with E-state index in [1.807, 2.05) is 4.90 Å². The maximum absolute atomic E-state index is 12.3. The minimum absolute atomic E-state index is 0.0774. The van der Waals surface area contributed by atoms with Crippen LogP contribution in [0, 0.1) is 0 Å². The van der Waals surface area contributed by atoms with Gasteiger partial charge in [0.2, 0.25) is 5.91 Å². The largest absolute Gasteiger partial charge is 0.382 e. The highest BCUT2D eigenvalue weighted by molar-refractivity contribution is 5.87. The van der Waals surface area contributed by atoms with Gasteiger partial charge in [-0.2, -0.15) is 0 Å². The van der Waals surface area contributed by atoms with Crippen molar-refractivity contribution in [2.45, 2.75) is 37.3 Å². The van der Waals surface area contributed by atoms with Gasteiger partial charge in [0.25, 0.3) is 5.91 Å². The van der Waals surface area contributed by atoms with Gasteiger partial charge in [-0.25, -0.2) is 0 Å². The van der Waals surface area contributed by atoms with Crippen LogP contribution in [-0.4, -0.2) is 61.8 Å². The molecule has 6 nitrogen and oxygen atoms in total. The Balaban J connectivity index is 1.93. The van der Waals surface area contributed by atoms with Crippen LogP contribution >= 0.6 is 0 Å². The topological polar surface area (TPSA) is 67.9 Å². The summed E-state index contributed by atoms with van der Waals surface area (Å²) in [7, 11) is 1.62. The number of hydrogen-bond acceptors (Lipinski definition) is 4. The van der Waals surface area contributed by atoms with Crippen LogP contribution in [0.15, 0.2) is 12.7 Å². The third-order valence-corrected chi connectivity index (χ3v) is 4.23. The first kappa shape index (κ1) is 16.0. The van der Waals surface area contributed by atoms with Crippen molar-refractivity contribution in [3.63, 3.8) is 0 Å². The Hall–Kier alpha value is -1.40. The highest BCUT2D eigenvalue weighted by Gasteiger charge is 2.38. The predicted molar refractivity (Wildman–Crippen MR) is 77.7 cm³/mol. The Bertz CT molecular complexity index is 396. The average molecular weight is 296 g/mol. The number of amides is 2. The van der Waals surface area contributed by atoms with E-state index in [1.54, 1.807) is 7.11 Å². The number of methoxy groups -OCH3 is 1. The number of ether oxygens (including phenoxy) is 2. The number of carbonyl (C=O) groups excluding carboxylic acids is 2. The van der Waals surface area contributed by atoms with Gasteiger partial charge in [0, 0.05) is 26.8 Å². The van der Waals surface area contributed by atoms with Crippen molar-refractivity contribution in [2.24, 2.45) is 0 Å². The number of nitrogens with zero attached hydrogens (tertiary/aromatic N) is 1. The fourth-order valence-corrected chi connectivity index (χ4v) is 3.03. The highest BCUT2D eigenvalue weighted by atomic mass is 16.5. The molecule has 2 heterocycles. The predicted octanol–water partition coefficient (Wildman–Crippen LogP) is 0.475. The molecule has 0 saturated carbocycles. The number of hydrogen-bond donors (Lipinski definition) is 1. The summed E-state index contributed by atoms with van der Waals surface area (Å²) in [6, 6.07) is 0. The molecule has 0 aromatic rings. The molecule has 2 saturated heterocycles. The number of piperidine rings is 1. The summed E-state index contributed by atoms with van der Waals surface area (Å²) in [5.41, 5.74) is -0.409. The van der Waals surface area contributed by atoms with Crippen molar-refractivity contribution in [1.82, 2.24) is 10.2 Å². The molecule has 118 valence electrons. The number of rotatable bonds is 5. The van der Waals surface area contributed by atoms with Crippen molar-refractivity contribution in [3.05, 3.63) is 12.7 Å². The molecular weight excluding hydrogens is 272 g/mol. The van der Waals surface area contributed by atoms with Crippen molar-refractivity contribution < 1.29 is 19.1 Å². The minimum atomic E-state index is -0.409. The Labute approximate surface area is 125 Å². The van der Waals surface area contributed by atoms with Gasteiger partial charge in [0.1, 0.15) is 6.10 Å². The second-order valence-electron chi connectivity index (χ2n) is 5.73. The Kier molecular flexibility index (Phi) is 5.36. The zero-order chi connectivity index (χ0) is 15.3. The maximum atomic E-state index is 12.3. The van der Waals surface area contributed by atoms with E-state index in [2.05, 4.69) is 11.9 Å². The first-order valence-corrected chi connectivity index (χ1v) is 7.44. The van der Waals surface area contributed by atoms with Crippen LogP contribution < -0.4 is 5.32 Å². The van der Waals surface area contributed by atoms with E-state index >= 15 is 0 Å². The van der Waals surface area contributed by atoms with Crippen LogP contribution in [0.4, 0.5) is 0 Å². The van der Waals surface area contributed by atoms with Crippen molar-refractivity contribution in [2.75, 3.05) is 33.4 Å². The van der Waals surface area contributed by atoms with Gasteiger partial charge < -0.3 is 19.7 Å². The first-order valence-electron chi connectivity index (χ1n) is 7.44. The first-order chi connectivity index (χ1) is 10.1. The summed E-state index contributed by atoms with van der Waals surface area (Å²) >= 11 is 0. The summed E-state index contributed by atoms with van der Waals surface area (Å²) in [5.74, 6) is -0.125. The molecule has 21 heavy (non-hydrogen) atoms. The van der Waals surface area contributed by atoms with E-state index in [-0.39, 0.29) is 17.9 Å². The van der Waals surface area contributed by atoms with Crippen molar-refractivity contribution in [1.29, 1.82) is 0 Å². The Morgan fingerprint density at radius 1 is 1.48 bits per heavy atom. The molecule has 0 radical (unpaired) electrons. The lowest BCUT2D eigenvalue weighted by atomic mass is 9.87. The van der Waals surface area contributed by atoms with Gasteiger partial charge in [-0.3, -0.25) is 9.59 Å². The molecule has 2 fully saturated rings. The Morgan fingerprint density at radius 3 is 2.71 bits per heavy atom. The average Bonchev–Trinajstić information content (AvgIpc) is 3.01. The van der Waals surface area contributed by atoms with Gasteiger partial charge in [-0.05, 0) is 31.8 Å². The molecule has 1 N–H and O–H groups in total. The lowest BCUT2D eigenvalue weighted by Gasteiger charge is -2.42. The van der Waals surface area contributed by atoms with Gasteiger partial charge >= 0.3 is 0 Å². The second-order valence-corrected chi connectivity index (χ2v) is 5.73. The molecule has 0 aromatic carbocycles. The number of carbonyl (C=O) groups is 2. The quantitative estimate of drug-likeness (QED) is 0.749. The summed E-state index contributed by atoms with van der Waals surface area (Å²) < 4.78 is 10.7. The van der Waals surface area contributed by atoms with Crippen LogP contribution in [0.1, 0.15) is 25.7 Å². The third-order valence-electron chi connectivity index (χ3n) is 4.23. The summed E-state index contributed by atoms with van der Waals surface area (Å²) in [4.78, 5) is 25.8. The molecule has 0 bridgehead atoms. The summed E-state index contributed by atoms with van der Waals surface area (Å²) in [5, 5.41) is 2.96. The fourth-order valence-electron chi connectivity index (χ4n) is 3.03. The molecule has 2 aliphatic heterocycles. The molecule has 1 atom stereocenters. The number of likely N-dealkylation sites (tertiary alicyclic amines) is 1. The summed E-state index contributed by atoms with van der Waals surface area (Å²) in [6.45, 7) is 5.81. The van der Waals surface area contributed by atoms with Gasteiger partial charge in [-0.1, -0.05) is 6.58 Å². The third kappa shape index (κ3) is 3.83. The van der Waals surface area contributed by atoms with Crippen LogP contribution in [0.3, 0.4) is 0 Å². The normalized spacial score (nSPS) is 24.6. The monoisotopic (exact) mass is 296 g/mol. The van der Waals surface area contributed by atoms with E-state index in [1.165, 1.54) is 6.08 Å². The maximum Gasteiger partial charge on any atom is 0.251 e. The molecule has 2 aliphatic rings. The lowest BCUT2D eigenvalue weighted by molar-refractivity contribution is -0.143. The zero-order valence-corrected chi connectivity index (χ0v) is 12.6. The van der Waals surface area contributed by atoms with E-state index in [0.29, 0.717) is 39.1 Å². The molecule has 6 heteroatoms. The highest BCUT2D eigenvalue weighted by Crippen LogP contribution is 2.25. The molecule has 0 unspecified atom stereocenters. The second kappa shape index (κ2) is 7.04.